The Labute approximate surface area is 103 Å². The van der Waals surface area contributed by atoms with Crippen LogP contribution in [0, 0.1) is 5.82 Å². The lowest BCUT2D eigenvalue weighted by Crippen LogP contribution is -2.14. The van der Waals surface area contributed by atoms with Crippen LogP contribution >= 0.6 is 23.2 Å². The van der Waals surface area contributed by atoms with E-state index in [-0.39, 0.29) is 21.7 Å². The van der Waals surface area contributed by atoms with Crippen molar-refractivity contribution in [1.29, 1.82) is 0 Å². The molecule has 1 atom stereocenters. The van der Waals surface area contributed by atoms with Crippen LogP contribution in [-0.2, 0) is 4.74 Å². The number of benzene rings is 1. The minimum absolute atomic E-state index is 0.150. The van der Waals surface area contributed by atoms with Gasteiger partial charge in [0, 0.05) is 0 Å². The molecule has 0 heterocycles. The summed E-state index contributed by atoms with van der Waals surface area (Å²) in [6.07, 6.45) is 0.504. The lowest BCUT2D eigenvalue weighted by molar-refractivity contribution is 0.0334. The van der Waals surface area contributed by atoms with Crippen molar-refractivity contribution in [2.24, 2.45) is 0 Å². The van der Waals surface area contributed by atoms with Crippen molar-refractivity contribution in [3.05, 3.63) is 33.6 Å². The van der Waals surface area contributed by atoms with E-state index in [1.54, 1.807) is 6.92 Å². The molecule has 0 saturated carbocycles. The number of rotatable bonds is 3. The van der Waals surface area contributed by atoms with Gasteiger partial charge in [0.2, 0.25) is 0 Å². The topological polar surface area (TPSA) is 26.3 Å². The van der Waals surface area contributed by atoms with Gasteiger partial charge in [-0.3, -0.25) is 0 Å². The van der Waals surface area contributed by atoms with E-state index in [1.165, 1.54) is 12.1 Å². The molecule has 1 rings (SSSR count). The zero-order valence-electron chi connectivity index (χ0n) is 8.89. The highest BCUT2D eigenvalue weighted by molar-refractivity contribution is 6.35. The number of halogens is 3. The van der Waals surface area contributed by atoms with Gasteiger partial charge in [0.1, 0.15) is 0 Å². The summed E-state index contributed by atoms with van der Waals surface area (Å²) in [6, 6.07) is 2.40. The Kier molecular flexibility index (Phi) is 4.56. The molecule has 2 nitrogen and oxygen atoms in total. The fraction of sp³-hybridized carbons (Fsp3) is 0.364. The molecule has 0 N–H and O–H groups in total. The monoisotopic (exact) mass is 264 g/mol. The Bertz CT molecular complexity index is 384. The average Bonchev–Trinajstić information content (AvgIpc) is 2.24. The highest BCUT2D eigenvalue weighted by Crippen LogP contribution is 2.25. The first kappa shape index (κ1) is 13.3. The van der Waals surface area contributed by atoms with Crippen molar-refractivity contribution >= 4 is 29.2 Å². The Morgan fingerprint density at radius 2 is 1.94 bits per heavy atom. The molecule has 0 spiro atoms. The summed E-state index contributed by atoms with van der Waals surface area (Å²) in [4.78, 5) is 11.6. The summed E-state index contributed by atoms with van der Waals surface area (Å²) in [7, 11) is 0. The zero-order valence-corrected chi connectivity index (χ0v) is 10.4. The maximum absolute atomic E-state index is 13.1. The van der Waals surface area contributed by atoms with Gasteiger partial charge in [-0.2, -0.15) is 0 Å². The van der Waals surface area contributed by atoms with Crippen LogP contribution in [0.4, 0.5) is 4.39 Å². The molecule has 0 aliphatic rings. The summed E-state index contributed by atoms with van der Waals surface area (Å²) >= 11 is 11.1. The number of carbonyl (C=O) groups is 1. The summed E-state index contributed by atoms with van der Waals surface area (Å²) in [5.41, 5.74) is 0.150. The first-order chi connectivity index (χ1) is 7.45. The molecule has 0 fully saturated rings. The first-order valence-electron chi connectivity index (χ1n) is 4.81. The van der Waals surface area contributed by atoms with Crippen molar-refractivity contribution in [2.45, 2.75) is 26.4 Å². The van der Waals surface area contributed by atoms with Gasteiger partial charge in [-0.1, -0.05) is 30.1 Å². The molecule has 5 heteroatoms. The lowest BCUT2D eigenvalue weighted by Gasteiger charge is -2.11. The third kappa shape index (κ3) is 3.09. The van der Waals surface area contributed by atoms with Crippen LogP contribution in [0.5, 0.6) is 0 Å². The SMILES string of the molecule is CCC(C)OC(=O)c1cc(Cl)c(F)c(Cl)c1. The number of ether oxygens (including phenoxy) is 1. The quantitative estimate of drug-likeness (QED) is 0.607. The molecule has 1 aromatic carbocycles. The van der Waals surface area contributed by atoms with Crippen LogP contribution in [0.2, 0.25) is 10.0 Å². The Morgan fingerprint density at radius 3 is 2.38 bits per heavy atom. The molecule has 0 aliphatic heterocycles. The average molecular weight is 265 g/mol. The maximum atomic E-state index is 13.1. The largest absolute Gasteiger partial charge is 0.459 e. The molecule has 0 aromatic heterocycles. The van der Waals surface area contributed by atoms with E-state index in [1.807, 2.05) is 6.92 Å². The highest BCUT2D eigenvalue weighted by Gasteiger charge is 2.15. The lowest BCUT2D eigenvalue weighted by atomic mass is 10.2. The molecular formula is C11H11Cl2FO2. The Balaban J connectivity index is 2.93. The first-order valence-corrected chi connectivity index (χ1v) is 5.56. The van der Waals surface area contributed by atoms with E-state index in [0.29, 0.717) is 6.42 Å². The third-order valence-corrected chi connectivity index (χ3v) is 2.65. The number of esters is 1. The van der Waals surface area contributed by atoms with Crippen molar-refractivity contribution in [3.63, 3.8) is 0 Å². The van der Waals surface area contributed by atoms with Crippen molar-refractivity contribution in [3.8, 4) is 0 Å². The van der Waals surface area contributed by atoms with E-state index in [9.17, 15) is 9.18 Å². The molecule has 16 heavy (non-hydrogen) atoms. The molecule has 0 bridgehead atoms. The number of carbonyl (C=O) groups excluding carboxylic acids is 1. The van der Waals surface area contributed by atoms with E-state index in [0.717, 1.165) is 0 Å². The molecular weight excluding hydrogens is 254 g/mol. The third-order valence-electron chi connectivity index (χ3n) is 2.10. The highest BCUT2D eigenvalue weighted by atomic mass is 35.5. The van der Waals surface area contributed by atoms with Crippen molar-refractivity contribution in [2.75, 3.05) is 0 Å². The van der Waals surface area contributed by atoms with Gasteiger partial charge in [-0.25, -0.2) is 9.18 Å². The summed E-state index contributed by atoms with van der Waals surface area (Å²) < 4.78 is 18.1. The molecule has 0 amide bonds. The molecule has 0 saturated heterocycles. The number of hydrogen-bond donors (Lipinski definition) is 0. The van der Waals surface area contributed by atoms with Gasteiger partial charge >= 0.3 is 5.97 Å². The van der Waals surface area contributed by atoms with E-state index in [2.05, 4.69) is 0 Å². The Hall–Kier alpha value is -0.800. The Morgan fingerprint density at radius 1 is 1.44 bits per heavy atom. The minimum Gasteiger partial charge on any atom is -0.459 e. The fourth-order valence-electron chi connectivity index (χ4n) is 1.01. The predicted molar refractivity (Wildman–Crippen MR) is 61.6 cm³/mol. The van der Waals surface area contributed by atoms with Gasteiger partial charge in [0.25, 0.3) is 0 Å². The normalized spacial score (nSPS) is 12.3. The van der Waals surface area contributed by atoms with Crippen molar-refractivity contribution in [1.82, 2.24) is 0 Å². The van der Waals surface area contributed by atoms with Crippen LogP contribution in [0.15, 0.2) is 12.1 Å². The predicted octanol–water partition coefficient (Wildman–Crippen LogP) is 4.09. The van der Waals surface area contributed by atoms with Gasteiger partial charge in [0.15, 0.2) is 5.82 Å². The van der Waals surface area contributed by atoms with E-state index in [4.69, 9.17) is 27.9 Å². The summed E-state index contributed by atoms with van der Waals surface area (Å²) in [5, 5.41) is -0.382. The molecule has 88 valence electrons. The van der Waals surface area contributed by atoms with Crippen LogP contribution in [0.25, 0.3) is 0 Å². The van der Waals surface area contributed by atoms with E-state index < -0.39 is 11.8 Å². The second-order valence-electron chi connectivity index (χ2n) is 3.38. The zero-order chi connectivity index (χ0) is 12.3. The maximum Gasteiger partial charge on any atom is 0.338 e. The number of hydrogen-bond acceptors (Lipinski definition) is 2. The summed E-state index contributed by atoms with van der Waals surface area (Å²) in [6.45, 7) is 3.66. The second-order valence-corrected chi connectivity index (χ2v) is 4.19. The molecule has 1 unspecified atom stereocenters. The van der Waals surface area contributed by atoms with Gasteiger partial charge in [-0.05, 0) is 25.5 Å². The fourth-order valence-corrected chi connectivity index (χ4v) is 1.49. The minimum atomic E-state index is -0.733. The molecule has 0 radical (unpaired) electrons. The standard InChI is InChI=1S/C11H11Cl2FO2/c1-3-6(2)16-11(15)7-4-8(12)10(14)9(13)5-7/h4-6H,3H2,1-2H3. The van der Waals surface area contributed by atoms with E-state index >= 15 is 0 Å². The molecule has 1 aromatic rings. The van der Waals surface area contributed by atoms with Crippen LogP contribution in [0.1, 0.15) is 30.6 Å². The van der Waals surface area contributed by atoms with Crippen LogP contribution in [-0.4, -0.2) is 12.1 Å². The molecule has 0 aliphatic carbocycles. The van der Waals surface area contributed by atoms with Crippen molar-refractivity contribution < 1.29 is 13.9 Å². The van der Waals surface area contributed by atoms with Crippen LogP contribution < -0.4 is 0 Å². The van der Waals surface area contributed by atoms with Crippen LogP contribution in [0.3, 0.4) is 0 Å². The second kappa shape index (κ2) is 5.51. The van der Waals surface area contributed by atoms with Gasteiger partial charge in [-0.15, -0.1) is 0 Å². The smallest absolute Gasteiger partial charge is 0.338 e. The summed E-state index contributed by atoms with van der Waals surface area (Å²) in [5.74, 6) is -1.29. The van der Waals surface area contributed by atoms with Gasteiger partial charge < -0.3 is 4.74 Å². The van der Waals surface area contributed by atoms with Gasteiger partial charge in [0.05, 0.1) is 21.7 Å².